The monoisotopic (exact) mass is 537 g/mol. The SMILES string of the molecule is CC1=C2C(=O)N(c3ccc(C(=O)O)cc3)N=C2N(c2cccc(C(=O)O)c2)C(=O)C1=Nc1ccc(N(C)C)cc1. The van der Waals surface area contributed by atoms with Crippen molar-refractivity contribution in [3.05, 3.63) is 95.1 Å². The molecule has 0 aliphatic carbocycles. The van der Waals surface area contributed by atoms with Crippen molar-refractivity contribution in [3.8, 4) is 0 Å². The van der Waals surface area contributed by atoms with Gasteiger partial charge in [0.05, 0.1) is 33.8 Å². The number of hydrogen-bond acceptors (Lipinski definition) is 7. The van der Waals surface area contributed by atoms with Crippen LogP contribution in [0.5, 0.6) is 0 Å². The van der Waals surface area contributed by atoms with Crippen LogP contribution in [0.25, 0.3) is 0 Å². The van der Waals surface area contributed by atoms with Crippen molar-refractivity contribution in [1.82, 2.24) is 0 Å². The number of hydrogen-bond donors (Lipinski definition) is 2. The maximum absolute atomic E-state index is 13.9. The first-order chi connectivity index (χ1) is 19.1. The van der Waals surface area contributed by atoms with Gasteiger partial charge >= 0.3 is 11.9 Å². The number of benzene rings is 3. The second-order valence-corrected chi connectivity index (χ2v) is 9.26. The molecule has 2 amide bonds. The molecule has 2 N–H and O–H groups in total. The molecule has 3 aromatic rings. The molecule has 40 heavy (non-hydrogen) atoms. The molecule has 200 valence electrons. The highest BCUT2D eigenvalue weighted by Gasteiger charge is 2.45. The van der Waals surface area contributed by atoms with Crippen LogP contribution in [0.4, 0.5) is 22.7 Å². The summed E-state index contributed by atoms with van der Waals surface area (Å²) in [5.74, 6) is -3.42. The van der Waals surface area contributed by atoms with E-state index in [9.17, 15) is 29.4 Å². The maximum Gasteiger partial charge on any atom is 0.335 e. The first-order valence-corrected chi connectivity index (χ1v) is 12.1. The molecule has 0 unspecified atom stereocenters. The minimum absolute atomic E-state index is 0.00343. The van der Waals surface area contributed by atoms with Crippen molar-refractivity contribution < 1.29 is 29.4 Å². The highest BCUT2D eigenvalue weighted by molar-refractivity contribution is 6.61. The molecule has 0 radical (unpaired) electrons. The van der Waals surface area contributed by atoms with Crippen molar-refractivity contribution in [2.45, 2.75) is 6.92 Å². The van der Waals surface area contributed by atoms with Gasteiger partial charge in [0.25, 0.3) is 11.8 Å². The number of amidine groups is 1. The average molecular weight is 538 g/mol. The summed E-state index contributed by atoms with van der Waals surface area (Å²) >= 11 is 0. The van der Waals surface area contributed by atoms with Gasteiger partial charge < -0.3 is 15.1 Å². The highest BCUT2D eigenvalue weighted by Crippen LogP contribution is 2.34. The number of amides is 2. The van der Waals surface area contributed by atoms with E-state index >= 15 is 0 Å². The van der Waals surface area contributed by atoms with Gasteiger partial charge in [-0.25, -0.2) is 14.6 Å². The molecule has 0 fully saturated rings. The topological polar surface area (TPSA) is 143 Å². The van der Waals surface area contributed by atoms with Gasteiger partial charge in [-0.3, -0.25) is 14.5 Å². The summed E-state index contributed by atoms with van der Waals surface area (Å²) in [7, 11) is 3.80. The number of anilines is 3. The number of carboxylic acids is 2. The highest BCUT2D eigenvalue weighted by atomic mass is 16.4. The molecule has 2 aliphatic heterocycles. The van der Waals surface area contributed by atoms with Crippen molar-refractivity contribution in [2.75, 3.05) is 28.9 Å². The molecule has 5 rings (SSSR count). The van der Waals surface area contributed by atoms with Crippen LogP contribution in [-0.2, 0) is 9.59 Å². The summed E-state index contributed by atoms with van der Waals surface area (Å²) in [5, 5.41) is 24.3. The molecule has 0 aromatic heterocycles. The van der Waals surface area contributed by atoms with E-state index in [-0.39, 0.29) is 33.9 Å². The smallest absolute Gasteiger partial charge is 0.335 e. The van der Waals surface area contributed by atoms with Gasteiger partial charge in [-0.05, 0) is 79.2 Å². The van der Waals surface area contributed by atoms with E-state index in [0.717, 1.165) is 10.7 Å². The van der Waals surface area contributed by atoms with Gasteiger partial charge in [0.15, 0.2) is 5.84 Å². The molecule has 11 nitrogen and oxygen atoms in total. The lowest BCUT2D eigenvalue weighted by Crippen LogP contribution is -2.47. The lowest BCUT2D eigenvalue weighted by molar-refractivity contribution is -0.114. The minimum atomic E-state index is -1.18. The quantitative estimate of drug-likeness (QED) is 0.485. The molecular weight excluding hydrogens is 514 g/mol. The molecule has 0 atom stereocenters. The van der Waals surface area contributed by atoms with E-state index in [0.29, 0.717) is 16.9 Å². The van der Waals surface area contributed by atoms with E-state index in [1.165, 1.54) is 47.4 Å². The Kier molecular flexibility index (Phi) is 6.48. The molecule has 3 aromatic carbocycles. The summed E-state index contributed by atoms with van der Waals surface area (Å²) in [4.78, 5) is 58.2. The van der Waals surface area contributed by atoms with Gasteiger partial charge in [0, 0.05) is 19.8 Å². The molecular formula is C29H23N5O6. The zero-order valence-electron chi connectivity index (χ0n) is 21.7. The predicted octanol–water partition coefficient (Wildman–Crippen LogP) is 3.95. The summed E-state index contributed by atoms with van der Waals surface area (Å²) < 4.78 is 0. The second kappa shape index (κ2) is 9.95. The lowest BCUT2D eigenvalue weighted by atomic mass is 9.96. The Morgan fingerprint density at radius 3 is 2.08 bits per heavy atom. The number of aromatic carboxylic acids is 2. The molecule has 0 saturated carbocycles. The number of nitrogens with zero attached hydrogens (tertiary/aromatic N) is 5. The summed E-state index contributed by atoms with van der Waals surface area (Å²) in [6.45, 7) is 1.61. The standard InChI is InChI=1S/C29H23N5O6/c1-16-23-25(31-34(26(23)35)21-11-7-17(8-12-21)28(37)38)33(22-6-4-5-18(15-22)29(39)40)27(36)24(16)30-19-9-13-20(14-10-19)32(2)3/h4-15H,1-3H3,(H,37,38)(H,39,40). The van der Waals surface area contributed by atoms with Crippen LogP contribution in [-0.4, -0.2) is 59.6 Å². The molecule has 11 heteroatoms. The van der Waals surface area contributed by atoms with Crippen LogP contribution in [0.1, 0.15) is 27.6 Å². The summed E-state index contributed by atoms with van der Waals surface area (Å²) in [6.07, 6.45) is 0. The normalized spacial score (nSPS) is 15.9. The van der Waals surface area contributed by atoms with Crippen LogP contribution in [0.2, 0.25) is 0 Å². The number of hydrazone groups is 1. The Balaban J connectivity index is 1.67. The summed E-state index contributed by atoms with van der Waals surface area (Å²) in [6, 6.07) is 18.5. The third-order valence-electron chi connectivity index (χ3n) is 6.49. The Morgan fingerprint density at radius 2 is 1.48 bits per heavy atom. The minimum Gasteiger partial charge on any atom is -0.478 e. The van der Waals surface area contributed by atoms with E-state index < -0.39 is 23.8 Å². The zero-order chi connectivity index (χ0) is 28.7. The van der Waals surface area contributed by atoms with E-state index in [1.807, 2.05) is 31.1 Å². The molecule has 0 spiro atoms. The number of carbonyl (C=O) groups is 4. The zero-order valence-corrected chi connectivity index (χ0v) is 21.7. The van der Waals surface area contributed by atoms with Crippen molar-refractivity contribution >= 4 is 58.0 Å². The average Bonchev–Trinajstić information content (AvgIpc) is 3.28. The van der Waals surface area contributed by atoms with Gasteiger partial charge in [0.1, 0.15) is 5.71 Å². The first kappa shape index (κ1) is 26.0. The predicted molar refractivity (Wildman–Crippen MR) is 150 cm³/mol. The first-order valence-electron chi connectivity index (χ1n) is 12.1. The van der Waals surface area contributed by atoms with Crippen LogP contribution < -0.4 is 14.8 Å². The third kappa shape index (κ3) is 4.49. The molecule has 0 saturated heterocycles. The van der Waals surface area contributed by atoms with Gasteiger partial charge in [-0.2, -0.15) is 5.01 Å². The number of fused-ring (bicyclic) bond motifs is 1. The van der Waals surface area contributed by atoms with Gasteiger partial charge in [0.2, 0.25) is 0 Å². The fraction of sp³-hybridized carbons (Fsp3) is 0.103. The van der Waals surface area contributed by atoms with Crippen molar-refractivity contribution in [1.29, 1.82) is 0 Å². The van der Waals surface area contributed by atoms with E-state index in [2.05, 4.69) is 10.1 Å². The fourth-order valence-electron chi connectivity index (χ4n) is 4.38. The van der Waals surface area contributed by atoms with Crippen LogP contribution in [0.15, 0.2) is 94.0 Å². The second-order valence-electron chi connectivity index (χ2n) is 9.26. The van der Waals surface area contributed by atoms with Crippen molar-refractivity contribution in [3.63, 3.8) is 0 Å². The Morgan fingerprint density at radius 1 is 0.825 bits per heavy atom. The largest absolute Gasteiger partial charge is 0.478 e. The fourth-order valence-corrected chi connectivity index (χ4v) is 4.38. The van der Waals surface area contributed by atoms with Gasteiger partial charge in [-0.15, -0.1) is 5.10 Å². The molecule has 2 aliphatic rings. The third-order valence-corrected chi connectivity index (χ3v) is 6.49. The molecule has 0 bridgehead atoms. The Labute approximate surface area is 228 Å². The molecule has 2 heterocycles. The maximum atomic E-state index is 13.9. The number of carbonyl (C=O) groups excluding carboxylic acids is 2. The summed E-state index contributed by atoms with van der Waals surface area (Å²) in [5.41, 5.74) is 2.32. The number of carboxylic acid groups (broad SMARTS) is 2. The number of rotatable bonds is 6. The van der Waals surface area contributed by atoms with Gasteiger partial charge in [-0.1, -0.05) is 6.07 Å². The lowest BCUT2D eigenvalue weighted by Gasteiger charge is -2.28. The van der Waals surface area contributed by atoms with E-state index in [4.69, 9.17) is 0 Å². The Hall–Kier alpha value is -5.58. The van der Waals surface area contributed by atoms with E-state index in [1.54, 1.807) is 25.1 Å². The van der Waals surface area contributed by atoms with Crippen LogP contribution in [0.3, 0.4) is 0 Å². The van der Waals surface area contributed by atoms with Crippen LogP contribution in [0, 0.1) is 0 Å². The van der Waals surface area contributed by atoms with Crippen LogP contribution >= 0.6 is 0 Å². The van der Waals surface area contributed by atoms with Crippen molar-refractivity contribution in [2.24, 2.45) is 10.1 Å². The Bertz CT molecular complexity index is 1670. The number of aliphatic imine (C=N–C) groups is 1.